The van der Waals surface area contributed by atoms with E-state index in [9.17, 15) is 0 Å². The van der Waals surface area contributed by atoms with Gasteiger partial charge in [0.05, 0.1) is 12.2 Å². The molecule has 1 aliphatic rings. The van der Waals surface area contributed by atoms with Crippen LogP contribution in [0.25, 0.3) is 0 Å². The van der Waals surface area contributed by atoms with Crippen LogP contribution in [0.5, 0.6) is 0 Å². The highest BCUT2D eigenvalue weighted by molar-refractivity contribution is 9.10. The fraction of sp³-hybridized carbons (Fsp3) is 0.500. The van der Waals surface area contributed by atoms with Crippen LogP contribution in [0, 0.1) is 0 Å². The van der Waals surface area contributed by atoms with Crippen molar-refractivity contribution in [2.75, 3.05) is 11.9 Å². The van der Waals surface area contributed by atoms with Crippen molar-refractivity contribution in [3.63, 3.8) is 0 Å². The lowest BCUT2D eigenvalue weighted by Gasteiger charge is -2.14. The van der Waals surface area contributed by atoms with Crippen LogP contribution in [0.2, 0.25) is 5.02 Å². The molecule has 0 aromatic heterocycles. The summed E-state index contributed by atoms with van der Waals surface area (Å²) in [4.78, 5) is 0. The molecule has 0 radical (unpaired) electrons. The van der Waals surface area contributed by atoms with Gasteiger partial charge < -0.3 is 10.1 Å². The zero-order valence-electron chi connectivity index (χ0n) is 9.17. The Morgan fingerprint density at radius 1 is 1.50 bits per heavy atom. The summed E-state index contributed by atoms with van der Waals surface area (Å²) in [6.07, 6.45) is 3.03. The van der Waals surface area contributed by atoms with Gasteiger partial charge in [-0.15, -0.1) is 0 Å². The average Bonchev–Trinajstić information content (AvgIpc) is 2.63. The van der Waals surface area contributed by atoms with E-state index >= 15 is 0 Å². The molecule has 1 N–H and O–H groups in total. The van der Waals surface area contributed by atoms with E-state index in [0.29, 0.717) is 12.2 Å². The molecule has 0 amide bonds. The first-order chi connectivity index (χ1) is 7.65. The molecule has 4 heteroatoms. The van der Waals surface area contributed by atoms with Gasteiger partial charge in [-0.2, -0.15) is 0 Å². The Bertz CT molecular complexity index is 372. The SMILES string of the molecule is CC1CCC(CNc2ccc(Cl)cc2Br)O1. The summed E-state index contributed by atoms with van der Waals surface area (Å²) >= 11 is 9.36. The molecule has 0 spiro atoms. The van der Waals surface area contributed by atoms with Gasteiger partial charge in [0.1, 0.15) is 0 Å². The van der Waals surface area contributed by atoms with Gasteiger partial charge in [0.2, 0.25) is 0 Å². The molecule has 2 unspecified atom stereocenters. The van der Waals surface area contributed by atoms with Crippen molar-refractivity contribution in [1.29, 1.82) is 0 Å². The Balaban J connectivity index is 1.89. The summed E-state index contributed by atoms with van der Waals surface area (Å²) in [7, 11) is 0. The molecule has 1 aliphatic heterocycles. The van der Waals surface area contributed by atoms with Crippen molar-refractivity contribution < 1.29 is 4.74 Å². The van der Waals surface area contributed by atoms with Gasteiger partial charge in [0.25, 0.3) is 0 Å². The highest BCUT2D eigenvalue weighted by Crippen LogP contribution is 2.27. The molecule has 1 aromatic rings. The van der Waals surface area contributed by atoms with Crippen LogP contribution in [-0.4, -0.2) is 18.8 Å². The fourth-order valence-corrected chi connectivity index (χ4v) is 2.71. The molecule has 2 nitrogen and oxygen atoms in total. The Morgan fingerprint density at radius 3 is 2.94 bits per heavy atom. The van der Waals surface area contributed by atoms with Crippen molar-refractivity contribution >= 4 is 33.2 Å². The molecule has 1 heterocycles. The third kappa shape index (κ3) is 3.12. The minimum absolute atomic E-state index is 0.331. The van der Waals surface area contributed by atoms with E-state index in [1.165, 1.54) is 0 Å². The molecule has 2 atom stereocenters. The molecule has 0 saturated carbocycles. The van der Waals surface area contributed by atoms with E-state index in [1.54, 1.807) is 0 Å². The van der Waals surface area contributed by atoms with E-state index in [4.69, 9.17) is 16.3 Å². The van der Waals surface area contributed by atoms with Crippen LogP contribution in [0.4, 0.5) is 5.69 Å². The van der Waals surface area contributed by atoms with Gasteiger partial charge >= 0.3 is 0 Å². The topological polar surface area (TPSA) is 21.3 Å². The van der Waals surface area contributed by atoms with E-state index in [0.717, 1.165) is 34.6 Å². The minimum atomic E-state index is 0.331. The molecule has 88 valence electrons. The van der Waals surface area contributed by atoms with E-state index in [1.807, 2.05) is 18.2 Å². The lowest BCUT2D eigenvalue weighted by molar-refractivity contribution is 0.0637. The molecule has 1 aromatic carbocycles. The molecular weight excluding hydrogens is 289 g/mol. The largest absolute Gasteiger partial charge is 0.382 e. The molecular formula is C12H15BrClNO. The summed E-state index contributed by atoms with van der Waals surface area (Å²) in [5.41, 5.74) is 1.06. The molecule has 0 bridgehead atoms. The zero-order chi connectivity index (χ0) is 11.5. The molecule has 16 heavy (non-hydrogen) atoms. The first-order valence-electron chi connectivity index (χ1n) is 5.49. The molecule has 1 fully saturated rings. The second-order valence-corrected chi connectivity index (χ2v) is 5.44. The lowest BCUT2D eigenvalue weighted by Crippen LogP contribution is -2.19. The van der Waals surface area contributed by atoms with Gasteiger partial charge in [-0.3, -0.25) is 0 Å². The van der Waals surface area contributed by atoms with Gasteiger partial charge in [-0.1, -0.05) is 11.6 Å². The maximum atomic E-state index is 5.88. The summed E-state index contributed by atoms with van der Waals surface area (Å²) in [6, 6.07) is 5.75. The van der Waals surface area contributed by atoms with Crippen molar-refractivity contribution in [2.45, 2.75) is 32.0 Å². The smallest absolute Gasteiger partial charge is 0.0751 e. The highest BCUT2D eigenvalue weighted by Gasteiger charge is 2.21. The van der Waals surface area contributed by atoms with Gasteiger partial charge in [0, 0.05) is 21.7 Å². The summed E-state index contributed by atoms with van der Waals surface area (Å²) < 4.78 is 6.73. The van der Waals surface area contributed by atoms with Crippen molar-refractivity contribution in [1.82, 2.24) is 0 Å². The summed E-state index contributed by atoms with van der Waals surface area (Å²) in [6.45, 7) is 2.97. The number of hydrogen-bond acceptors (Lipinski definition) is 2. The maximum absolute atomic E-state index is 5.88. The van der Waals surface area contributed by atoms with E-state index in [-0.39, 0.29) is 0 Å². The molecule has 1 saturated heterocycles. The Kier molecular flexibility index (Phi) is 4.11. The van der Waals surface area contributed by atoms with Crippen LogP contribution >= 0.6 is 27.5 Å². The van der Waals surface area contributed by atoms with Crippen molar-refractivity contribution in [3.8, 4) is 0 Å². The van der Waals surface area contributed by atoms with Gasteiger partial charge in [0.15, 0.2) is 0 Å². The predicted octanol–water partition coefficient (Wildman–Crippen LogP) is 4.08. The minimum Gasteiger partial charge on any atom is -0.382 e. The monoisotopic (exact) mass is 303 g/mol. The summed E-state index contributed by atoms with van der Waals surface area (Å²) in [5.74, 6) is 0. The number of halogens is 2. The van der Waals surface area contributed by atoms with Crippen molar-refractivity contribution in [2.24, 2.45) is 0 Å². The first-order valence-corrected chi connectivity index (χ1v) is 6.66. The first kappa shape index (κ1) is 12.2. The number of hydrogen-bond donors (Lipinski definition) is 1. The Labute approximate surface area is 109 Å². The van der Waals surface area contributed by atoms with Crippen LogP contribution < -0.4 is 5.32 Å². The van der Waals surface area contributed by atoms with E-state index in [2.05, 4.69) is 28.2 Å². The normalized spacial score (nSPS) is 24.7. The zero-order valence-corrected chi connectivity index (χ0v) is 11.5. The quantitative estimate of drug-likeness (QED) is 0.908. The number of ether oxygens (including phenoxy) is 1. The molecule has 0 aliphatic carbocycles. The predicted molar refractivity (Wildman–Crippen MR) is 71.2 cm³/mol. The number of anilines is 1. The lowest BCUT2D eigenvalue weighted by atomic mass is 10.2. The highest BCUT2D eigenvalue weighted by atomic mass is 79.9. The third-order valence-electron chi connectivity index (χ3n) is 2.77. The number of nitrogens with one attached hydrogen (secondary N) is 1. The second kappa shape index (κ2) is 5.39. The van der Waals surface area contributed by atoms with Crippen LogP contribution in [0.1, 0.15) is 19.8 Å². The Morgan fingerprint density at radius 2 is 2.31 bits per heavy atom. The van der Waals surface area contributed by atoms with Crippen molar-refractivity contribution in [3.05, 3.63) is 27.7 Å². The molecule has 2 rings (SSSR count). The fourth-order valence-electron chi connectivity index (χ4n) is 1.89. The second-order valence-electron chi connectivity index (χ2n) is 4.15. The van der Waals surface area contributed by atoms with Crippen LogP contribution in [0.3, 0.4) is 0 Å². The van der Waals surface area contributed by atoms with Crippen LogP contribution in [-0.2, 0) is 4.74 Å². The van der Waals surface area contributed by atoms with Gasteiger partial charge in [-0.25, -0.2) is 0 Å². The maximum Gasteiger partial charge on any atom is 0.0751 e. The standard InChI is InChI=1S/C12H15BrClNO/c1-8-2-4-10(16-8)7-15-12-5-3-9(14)6-11(12)13/h3,5-6,8,10,15H,2,4,7H2,1H3. The number of benzene rings is 1. The van der Waals surface area contributed by atoms with Crippen LogP contribution in [0.15, 0.2) is 22.7 Å². The average molecular weight is 305 g/mol. The number of rotatable bonds is 3. The van der Waals surface area contributed by atoms with Gasteiger partial charge in [-0.05, 0) is 53.9 Å². The van der Waals surface area contributed by atoms with E-state index < -0.39 is 0 Å². The third-order valence-corrected chi connectivity index (χ3v) is 3.66. The Hall–Kier alpha value is -0.250. The summed E-state index contributed by atoms with van der Waals surface area (Å²) in [5, 5.41) is 4.11.